The molecule has 0 aliphatic carbocycles. The van der Waals surface area contributed by atoms with Crippen LogP contribution in [0.3, 0.4) is 0 Å². The van der Waals surface area contributed by atoms with Gasteiger partial charge in [-0.15, -0.1) is 0 Å². The van der Waals surface area contributed by atoms with E-state index in [-0.39, 0.29) is 12.0 Å². The first-order valence-corrected chi connectivity index (χ1v) is 6.84. The molecule has 0 aromatic heterocycles. The van der Waals surface area contributed by atoms with Gasteiger partial charge in [0.25, 0.3) is 0 Å². The number of ether oxygens (including phenoxy) is 1. The number of rotatable bonds is 6. The Kier molecular flexibility index (Phi) is 5.02. The van der Waals surface area contributed by atoms with Crippen molar-refractivity contribution in [3.63, 3.8) is 0 Å². The minimum Gasteiger partial charge on any atom is -0.494 e. The summed E-state index contributed by atoms with van der Waals surface area (Å²) in [5.41, 5.74) is 0.0816. The van der Waals surface area contributed by atoms with Crippen LogP contribution in [-0.2, 0) is 0 Å². The van der Waals surface area contributed by atoms with Crippen LogP contribution in [0.15, 0.2) is 30.3 Å². The van der Waals surface area contributed by atoms with Crippen molar-refractivity contribution < 1.29 is 9.84 Å². The maximum absolute atomic E-state index is 9.58. The predicted molar refractivity (Wildman–Crippen MR) is 72.8 cm³/mol. The van der Waals surface area contributed by atoms with E-state index in [0.29, 0.717) is 0 Å². The molecular weight excluding hydrogens is 226 g/mol. The lowest BCUT2D eigenvalue weighted by atomic mass is 9.78. The average Bonchev–Trinajstić information content (AvgIpc) is 2.46. The Labute approximate surface area is 109 Å². The molecule has 1 aromatic rings. The molecule has 3 heteroatoms. The zero-order valence-corrected chi connectivity index (χ0v) is 10.9. The van der Waals surface area contributed by atoms with Crippen LogP contribution in [0.5, 0.6) is 5.75 Å². The van der Waals surface area contributed by atoms with E-state index in [0.717, 1.165) is 44.7 Å². The van der Waals surface area contributed by atoms with Crippen molar-refractivity contribution in [2.45, 2.75) is 25.7 Å². The van der Waals surface area contributed by atoms with Gasteiger partial charge in [0.05, 0.1) is 6.61 Å². The summed E-state index contributed by atoms with van der Waals surface area (Å²) in [6.07, 6.45) is 4.32. The smallest absolute Gasteiger partial charge is 0.119 e. The summed E-state index contributed by atoms with van der Waals surface area (Å²) in [7, 11) is 0. The molecule has 1 aliphatic rings. The van der Waals surface area contributed by atoms with Crippen LogP contribution in [0.2, 0.25) is 0 Å². The molecule has 0 saturated carbocycles. The Balaban J connectivity index is 1.71. The summed E-state index contributed by atoms with van der Waals surface area (Å²) >= 11 is 0. The van der Waals surface area contributed by atoms with Crippen LogP contribution in [0.4, 0.5) is 0 Å². The van der Waals surface area contributed by atoms with Crippen LogP contribution in [0, 0.1) is 5.41 Å². The molecule has 1 saturated heterocycles. The van der Waals surface area contributed by atoms with Crippen LogP contribution in [0.1, 0.15) is 25.7 Å². The Morgan fingerprint density at radius 2 is 2.11 bits per heavy atom. The number of piperidine rings is 1. The molecule has 0 amide bonds. The van der Waals surface area contributed by atoms with Crippen molar-refractivity contribution in [2.75, 3.05) is 26.3 Å². The van der Waals surface area contributed by atoms with Gasteiger partial charge in [-0.05, 0) is 44.4 Å². The Hall–Kier alpha value is -1.06. The summed E-state index contributed by atoms with van der Waals surface area (Å²) in [6, 6.07) is 9.90. The second kappa shape index (κ2) is 6.76. The summed E-state index contributed by atoms with van der Waals surface area (Å²) in [6.45, 7) is 3.04. The third-order valence-electron chi connectivity index (χ3n) is 3.76. The summed E-state index contributed by atoms with van der Waals surface area (Å²) in [5, 5.41) is 13.0. The maximum Gasteiger partial charge on any atom is 0.119 e. The highest BCUT2D eigenvalue weighted by molar-refractivity contribution is 5.20. The van der Waals surface area contributed by atoms with Gasteiger partial charge in [-0.3, -0.25) is 0 Å². The number of aliphatic hydroxyl groups is 1. The molecule has 1 aromatic carbocycles. The second-order valence-electron chi connectivity index (χ2n) is 5.20. The van der Waals surface area contributed by atoms with E-state index < -0.39 is 0 Å². The lowest BCUT2D eigenvalue weighted by Gasteiger charge is -2.36. The van der Waals surface area contributed by atoms with Gasteiger partial charge >= 0.3 is 0 Å². The lowest BCUT2D eigenvalue weighted by Crippen LogP contribution is -2.42. The van der Waals surface area contributed by atoms with Crippen molar-refractivity contribution >= 4 is 0 Å². The van der Waals surface area contributed by atoms with E-state index in [1.165, 1.54) is 6.42 Å². The zero-order chi connectivity index (χ0) is 12.7. The van der Waals surface area contributed by atoms with Crippen molar-refractivity contribution in [1.82, 2.24) is 5.32 Å². The number of nitrogens with one attached hydrogen (secondary N) is 1. The highest BCUT2D eigenvalue weighted by Gasteiger charge is 2.30. The van der Waals surface area contributed by atoms with Gasteiger partial charge in [0, 0.05) is 18.6 Å². The fourth-order valence-electron chi connectivity index (χ4n) is 2.61. The van der Waals surface area contributed by atoms with E-state index in [1.54, 1.807) is 0 Å². The number of benzene rings is 1. The zero-order valence-electron chi connectivity index (χ0n) is 10.9. The standard InChI is InChI=1S/C15H23NO2/c17-13-15(8-4-10-16-12-15)9-5-11-18-14-6-2-1-3-7-14/h1-3,6-7,16-17H,4-5,8-13H2. The van der Waals surface area contributed by atoms with E-state index in [4.69, 9.17) is 4.74 Å². The topological polar surface area (TPSA) is 41.5 Å². The number of hydrogen-bond acceptors (Lipinski definition) is 3. The number of aliphatic hydroxyl groups excluding tert-OH is 1. The Morgan fingerprint density at radius 1 is 1.28 bits per heavy atom. The molecule has 1 heterocycles. The molecule has 2 rings (SSSR count). The molecule has 18 heavy (non-hydrogen) atoms. The van der Waals surface area contributed by atoms with Gasteiger partial charge in [0.15, 0.2) is 0 Å². The van der Waals surface area contributed by atoms with Crippen molar-refractivity contribution in [3.8, 4) is 5.75 Å². The third kappa shape index (κ3) is 3.72. The molecule has 0 spiro atoms. The molecule has 0 radical (unpaired) electrons. The van der Waals surface area contributed by atoms with Gasteiger partial charge in [-0.25, -0.2) is 0 Å². The lowest BCUT2D eigenvalue weighted by molar-refractivity contribution is 0.0791. The maximum atomic E-state index is 9.58. The summed E-state index contributed by atoms with van der Waals surface area (Å²) in [5.74, 6) is 0.928. The van der Waals surface area contributed by atoms with Crippen molar-refractivity contribution in [1.29, 1.82) is 0 Å². The Morgan fingerprint density at radius 3 is 2.78 bits per heavy atom. The molecule has 1 fully saturated rings. The normalized spacial score (nSPS) is 23.8. The first kappa shape index (κ1) is 13.4. The van der Waals surface area contributed by atoms with Gasteiger partial charge < -0.3 is 15.2 Å². The molecule has 1 atom stereocenters. The van der Waals surface area contributed by atoms with Crippen LogP contribution in [0.25, 0.3) is 0 Å². The highest BCUT2D eigenvalue weighted by atomic mass is 16.5. The monoisotopic (exact) mass is 249 g/mol. The molecular formula is C15H23NO2. The summed E-state index contributed by atoms with van der Waals surface area (Å²) in [4.78, 5) is 0. The third-order valence-corrected chi connectivity index (χ3v) is 3.76. The predicted octanol–water partition coefficient (Wildman–Crippen LogP) is 2.21. The van der Waals surface area contributed by atoms with Gasteiger partial charge in [0.1, 0.15) is 5.75 Å². The first-order valence-electron chi connectivity index (χ1n) is 6.84. The average molecular weight is 249 g/mol. The minimum absolute atomic E-state index is 0.0816. The van der Waals surface area contributed by atoms with E-state index >= 15 is 0 Å². The molecule has 1 unspecified atom stereocenters. The molecule has 0 bridgehead atoms. The molecule has 100 valence electrons. The van der Waals surface area contributed by atoms with Crippen LogP contribution in [-0.4, -0.2) is 31.4 Å². The quantitative estimate of drug-likeness (QED) is 0.760. The van der Waals surface area contributed by atoms with E-state index in [1.807, 2.05) is 30.3 Å². The van der Waals surface area contributed by atoms with E-state index in [9.17, 15) is 5.11 Å². The van der Waals surface area contributed by atoms with Gasteiger partial charge in [-0.1, -0.05) is 18.2 Å². The fraction of sp³-hybridized carbons (Fsp3) is 0.600. The number of para-hydroxylation sites is 1. The number of hydrogen-bond donors (Lipinski definition) is 2. The van der Waals surface area contributed by atoms with Crippen molar-refractivity contribution in [3.05, 3.63) is 30.3 Å². The fourth-order valence-corrected chi connectivity index (χ4v) is 2.61. The van der Waals surface area contributed by atoms with Gasteiger partial charge in [-0.2, -0.15) is 0 Å². The highest BCUT2D eigenvalue weighted by Crippen LogP contribution is 2.30. The molecule has 1 aliphatic heterocycles. The summed E-state index contributed by atoms with van der Waals surface area (Å²) < 4.78 is 5.68. The van der Waals surface area contributed by atoms with Crippen LogP contribution >= 0.6 is 0 Å². The van der Waals surface area contributed by atoms with E-state index in [2.05, 4.69) is 5.32 Å². The molecule has 2 N–H and O–H groups in total. The molecule has 3 nitrogen and oxygen atoms in total. The van der Waals surface area contributed by atoms with Crippen LogP contribution < -0.4 is 10.1 Å². The SMILES string of the molecule is OCC1(CCCOc2ccccc2)CCCNC1. The minimum atomic E-state index is 0.0816. The Bertz CT molecular complexity index is 334. The second-order valence-corrected chi connectivity index (χ2v) is 5.20. The largest absolute Gasteiger partial charge is 0.494 e. The van der Waals surface area contributed by atoms with Gasteiger partial charge in [0.2, 0.25) is 0 Å². The first-order chi connectivity index (χ1) is 8.85. The van der Waals surface area contributed by atoms with Crippen molar-refractivity contribution in [2.24, 2.45) is 5.41 Å².